The second-order valence-corrected chi connectivity index (χ2v) is 4.32. The Morgan fingerprint density at radius 3 is 2.24 bits per heavy atom. The summed E-state index contributed by atoms with van der Waals surface area (Å²) in [5, 5.41) is 2.66. The van der Waals surface area contributed by atoms with Gasteiger partial charge in [-0.25, -0.2) is 17.6 Å². The van der Waals surface area contributed by atoms with Crippen molar-refractivity contribution in [3.05, 3.63) is 35.4 Å². The van der Waals surface area contributed by atoms with Gasteiger partial charge in [0.2, 0.25) is 0 Å². The topological polar surface area (TPSA) is 21.3 Å². The average molecular weight is 315 g/mol. The molecule has 0 bridgehead atoms. The van der Waals surface area contributed by atoms with Crippen LogP contribution in [0.15, 0.2) is 18.2 Å². The van der Waals surface area contributed by atoms with Gasteiger partial charge in [0.05, 0.1) is 12.6 Å². The van der Waals surface area contributed by atoms with Gasteiger partial charge in [0.15, 0.2) is 0 Å². The Labute approximate surface area is 118 Å². The van der Waals surface area contributed by atoms with Crippen LogP contribution in [-0.2, 0) is 4.74 Å². The largest absolute Gasteiger partial charge is 0.373 e. The molecule has 0 aliphatic rings. The van der Waals surface area contributed by atoms with Crippen molar-refractivity contribution in [2.45, 2.75) is 25.3 Å². The highest BCUT2D eigenvalue weighted by atomic mass is 19.3. The van der Waals surface area contributed by atoms with Crippen LogP contribution in [0.4, 0.5) is 26.3 Å². The number of ether oxygens (including phenoxy) is 1. The summed E-state index contributed by atoms with van der Waals surface area (Å²) in [6.07, 6.45) is -3.86. The van der Waals surface area contributed by atoms with Crippen molar-refractivity contribution in [2.24, 2.45) is 0 Å². The fourth-order valence-electron chi connectivity index (χ4n) is 1.71. The molecule has 21 heavy (non-hydrogen) atoms. The van der Waals surface area contributed by atoms with Gasteiger partial charge in [-0.2, -0.15) is 8.78 Å². The molecule has 0 saturated carbocycles. The van der Waals surface area contributed by atoms with Crippen LogP contribution in [0, 0.1) is 11.6 Å². The van der Waals surface area contributed by atoms with Crippen molar-refractivity contribution in [3.8, 4) is 0 Å². The summed E-state index contributed by atoms with van der Waals surface area (Å²) in [4.78, 5) is 0. The molecule has 0 saturated heterocycles. The van der Waals surface area contributed by atoms with Crippen LogP contribution in [0.3, 0.4) is 0 Å². The maximum atomic E-state index is 13.6. The number of nitrogens with one attached hydrogen (secondary N) is 1. The van der Waals surface area contributed by atoms with Crippen LogP contribution in [0.25, 0.3) is 0 Å². The summed E-state index contributed by atoms with van der Waals surface area (Å²) in [6, 6.07) is 2.13. The van der Waals surface area contributed by atoms with E-state index in [0.29, 0.717) is 0 Å². The van der Waals surface area contributed by atoms with Gasteiger partial charge >= 0.3 is 12.3 Å². The van der Waals surface area contributed by atoms with Gasteiger partial charge in [-0.05, 0) is 18.7 Å². The van der Waals surface area contributed by atoms with Crippen LogP contribution in [0.1, 0.15) is 18.5 Å². The SMILES string of the molecule is CCNC(COCC(F)(F)C(F)F)c1c(F)cccc1F. The number of benzene rings is 1. The zero-order chi connectivity index (χ0) is 16.0. The summed E-state index contributed by atoms with van der Waals surface area (Å²) in [5.74, 6) is -6.04. The molecule has 0 aromatic heterocycles. The first-order chi connectivity index (χ1) is 9.79. The van der Waals surface area contributed by atoms with Crippen molar-refractivity contribution >= 4 is 0 Å². The molecule has 0 amide bonds. The normalized spacial score (nSPS) is 13.7. The van der Waals surface area contributed by atoms with Crippen molar-refractivity contribution in [3.63, 3.8) is 0 Å². The molecule has 120 valence electrons. The van der Waals surface area contributed by atoms with Gasteiger partial charge in [-0.15, -0.1) is 0 Å². The molecule has 1 atom stereocenters. The number of alkyl halides is 4. The summed E-state index contributed by atoms with van der Waals surface area (Å²) in [7, 11) is 0. The molecule has 0 aliphatic heterocycles. The second kappa shape index (κ2) is 7.65. The van der Waals surface area contributed by atoms with Crippen molar-refractivity contribution in [1.82, 2.24) is 5.32 Å². The van der Waals surface area contributed by atoms with Crippen LogP contribution in [-0.4, -0.2) is 32.1 Å². The predicted molar refractivity (Wildman–Crippen MR) is 64.5 cm³/mol. The number of rotatable bonds is 8. The van der Waals surface area contributed by atoms with Gasteiger partial charge in [0.1, 0.15) is 18.2 Å². The zero-order valence-corrected chi connectivity index (χ0v) is 11.2. The van der Waals surface area contributed by atoms with E-state index in [-0.39, 0.29) is 12.1 Å². The van der Waals surface area contributed by atoms with Crippen molar-refractivity contribution in [1.29, 1.82) is 0 Å². The molecule has 0 aliphatic carbocycles. The molecule has 1 rings (SSSR count). The zero-order valence-electron chi connectivity index (χ0n) is 11.2. The molecular formula is C13H15F6NO. The highest BCUT2D eigenvalue weighted by Gasteiger charge is 2.41. The molecule has 0 radical (unpaired) electrons. The highest BCUT2D eigenvalue weighted by Crippen LogP contribution is 2.25. The summed E-state index contributed by atoms with van der Waals surface area (Å²) >= 11 is 0. The molecule has 2 nitrogen and oxygen atoms in total. The number of hydrogen-bond acceptors (Lipinski definition) is 2. The van der Waals surface area contributed by atoms with Crippen LogP contribution >= 0.6 is 0 Å². The third-order valence-corrected chi connectivity index (χ3v) is 2.70. The number of halogens is 6. The molecule has 1 aromatic rings. The standard InChI is InChI=1S/C13H15F6NO/c1-2-20-10(6-21-7-13(18,19)12(16)17)11-8(14)4-3-5-9(11)15/h3-5,10,12,20H,2,6-7H2,1H3. The van der Waals surface area contributed by atoms with E-state index in [1.807, 2.05) is 0 Å². The average Bonchev–Trinajstić information content (AvgIpc) is 2.38. The Hall–Kier alpha value is -1.28. The lowest BCUT2D eigenvalue weighted by Gasteiger charge is -2.21. The molecule has 8 heteroatoms. The molecular weight excluding hydrogens is 300 g/mol. The van der Waals surface area contributed by atoms with Gasteiger partial charge in [0, 0.05) is 5.56 Å². The lowest BCUT2D eigenvalue weighted by molar-refractivity contribution is -0.167. The molecule has 1 N–H and O–H groups in total. The van der Waals surface area contributed by atoms with E-state index in [1.165, 1.54) is 0 Å². The smallest absolute Gasteiger partial charge is 0.330 e. The number of hydrogen-bond donors (Lipinski definition) is 1. The van der Waals surface area contributed by atoms with E-state index in [1.54, 1.807) is 6.92 Å². The molecule has 0 fully saturated rings. The Morgan fingerprint density at radius 2 is 1.76 bits per heavy atom. The van der Waals surface area contributed by atoms with Crippen LogP contribution in [0.2, 0.25) is 0 Å². The molecule has 1 unspecified atom stereocenters. The molecule has 1 aromatic carbocycles. The van der Waals surface area contributed by atoms with Gasteiger partial charge < -0.3 is 10.1 Å². The van der Waals surface area contributed by atoms with Gasteiger partial charge in [-0.1, -0.05) is 13.0 Å². The van der Waals surface area contributed by atoms with E-state index in [9.17, 15) is 26.3 Å². The first kappa shape index (κ1) is 17.8. The Morgan fingerprint density at radius 1 is 1.19 bits per heavy atom. The monoisotopic (exact) mass is 315 g/mol. The third kappa shape index (κ3) is 4.89. The third-order valence-electron chi connectivity index (χ3n) is 2.70. The lowest BCUT2D eigenvalue weighted by Crippen LogP contribution is -2.35. The van der Waals surface area contributed by atoms with E-state index in [0.717, 1.165) is 18.2 Å². The summed E-state index contributed by atoms with van der Waals surface area (Å²) in [5.41, 5.74) is -0.375. The maximum absolute atomic E-state index is 13.6. The fourth-order valence-corrected chi connectivity index (χ4v) is 1.71. The van der Waals surface area contributed by atoms with Gasteiger partial charge in [0.25, 0.3) is 0 Å². The predicted octanol–water partition coefficient (Wildman–Crippen LogP) is 3.53. The van der Waals surface area contributed by atoms with E-state index in [2.05, 4.69) is 10.1 Å². The maximum Gasteiger partial charge on any atom is 0.330 e. The lowest BCUT2D eigenvalue weighted by atomic mass is 10.1. The van der Waals surface area contributed by atoms with Gasteiger partial charge in [-0.3, -0.25) is 0 Å². The molecule has 0 spiro atoms. The summed E-state index contributed by atoms with van der Waals surface area (Å²) in [6.45, 7) is -0.164. The van der Waals surface area contributed by atoms with E-state index in [4.69, 9.17) is 0 Å². The Kier molecular flexibility index (Phi) is 6.47. The van der Waals surface area contributed by atoms with Crippen LogP contribution in [0.5, 0.6) is 0 Å². The first-order valence-corrected chi connectivity index (χ1v) is 6.20. The minimum absolute atomic E-state index is 0.285. The number of likely N-dealkylation sites (N-methyl/N-ethyl adjacent to an activating group) is 1. The minimum Gasteiger partial charge on any atom is -0.373 e. The first-order valence-electron chi connectivity index (χ1n) is 6.20. The fraction of sp³-hybridized carbons (Fsp3) is 0.538. The van der Waals surface area contributed by atoms with Crippen molar-refractivity contribution in [2.75, 3.05) is 19.8 Å². The summed E-state index contributed by atoms with van der Waals surface area (Å²) < 4.78 is 81.1. The van der Waals surface area contributed by atoms with Crippen LogP contribution < -0.4 is 5.32 Å². The quantitative estimate of drug-likeness (QED) is 0.741. The minimum atomic E-state index is -4.30. The van der Waals surface area contributed by atoms with Crippen molar-refractivity contribution < 1.29 is 31.1 Å². The Bertz CT molecular complexity index is 434. The molecule has 0 heterocycles. The highest BCUT2D eigenvalue weighted by molar-refractivity contribution is 5.23. The van der Waals surface area contributed by atoms with E-state index < -0.39 is 43.2 Å². The van der Waals surface area contributed by atoms with E-state index >= 15 is 0 Å². The Balaban J connectivity index is 2.75. The second-order valence-electron chi connectivity index (χ2n) is 4.32.